The second kappa shape index (κ2) is 6.37. The molecule has 10 heteroatoms. The number of alkyl halides is 4. The molecule has 1 heterocycles. The quantitative estimate of drug-likeness (QED) is 0.493. The van der Waals surface area contributed by atoms with Gasteiger partial charge in [0.25, 0.3) is 0 Å². The second-order valence-corrected chi connectivity index (χ2v) is 5.36. The maximum Gasteiger partial charge on any atom is 0.471 e. The zero-order chi connectivity index (χ0) is 17.4. The van der Waals surface area contributed by atoms with Gasteiger partial charge < -0.3 is 10.2 Å². The van der Waals surface area contributed by atoms with Crippen LogP contribution in [0.2, 0.25) is 5.02 Å². The lowest BCUT2D eigenvalue weighted by Gasteiger charge is -2.30. The fourth-order valence-corrected chi connectivity index (χ4v) is 2.21. The van der Waals surface area contributed by atoms with E-state index in [9.17, 15) is 22.4 Å². The van der Waals surface area contributed by atoms with E-state index in [0.717, 1.165) is 12.3 Å². The van der Waals surface area contributed by atoms with Gasteiger partial charge in [-0.3, -0.25) is 9.79 Å². The molecular formula is C13H9Cl2F4N3O. The molecular weight excluding hydrogens is 361 g/mol. The zero-order valence-electron chi connectivity index (χ0n) is 11.5. The number of aliphatic imine (C=N–C) groups is 1. The first-order valence-corrected chi connectivity index (χ1v) is 6.90. The van der Waals surface area contributed by atoms with Crippen LogP contribution >= 0.6 is 23.2 Å². The van der Waals surface area contributed by atoms with Gasteiger partial charge in [0.1, 0.15) is 5.82 Å². The Hall–Kier alpha value is -1.80. The van der Waals surface area contributed by atoms with Crippen LogP contribution in [-0.2, 0) is 4.79 Å². The Morgan fingerprint density at radius 3 is 2.61 bits per heavy atom. The topological polar surface area (TPSA) is 44.7 Å². The van der Waals surface area contributed by atoms with Crippen molar-refractivity contribution >= 4 is 41.0 Å². The predicted molar refractivity (Wildman–Crippen MR) is 78.4 cm³/mol. The minimum atomic E-state index is -5.10. The van der Waals surface area contributed by atoms with E-state index in [2.05, 4.69) is 4.99 Å². The van der Waals surface area contributed by atoms with Gasteiger partial charge in [0.15, 0.2) is 5.62 Å². The molecule has 4 nitrogen and oxygen atoms in total. The second-order valence-electron chi connectivity index (χ2n) is 4.54. The normalized spacial score (nSPS) is 18.4. The van der Waals surface area contributed by atoms with Crippen molar-refractivity contribution in [1.82, 2.24) is 10.2 Å². The van der Waals surface area contributed by atoms with Crippen molar-refractivity contribution in [2.75, 3.05) is 7.05 Å². The predicted octanol–water partition coefficient (Wildman–Crippen LogP) is 3.36. The summed E-state index contributed by atoms with van der Waals surface area (Å²) >= 11 is 11.6. The maximum atomic E-state index is 14.1. The first-order valence-electron chi connectivity index (χ1n) is 6.09. The molecule has 2 rings (SSSR count). The fraction of sp³-hybridized carbons (Fsp3) is 0.231. The Balaban J connectivity index is 2.54. The van der Waals surface area contributed by atoms with E-state index in [-0.39, 0.29) is 22.0 Å². The van der Waals surface area contributed by atoms with E-state index in [1.54, 1.807) is 5.32 Å². The van der Waals surface area contributed by atoms with Gasteiger partial charge in [-0.15, -0.1) is 0 Å². The van der Waals surface area contributed by atoms with Crippen molar-refractivity contribution < 1.29 is 22.4 Å². The van der Waals surface area contributed by atoms with Crippen LogP contribution < -0.4 is 5.32 Å². The maximum absolute atomic E-state index is 14.1. The third-order valence-electron chi connectivity index (χ3n) is 2.95. The van der Waals surface area contributed by atoms with Crippen molar-refractivity contribution in [3.63, 3.8) is 0 Å². The average Bonchev–Trinajstić information content (AvgIpc) is 2.43. The van der Waals surface area contributed by atoms with Crippen LogP contribution in [-0.4, -0.2) is 35.9 Å². The molecule has 0 saturated heterocycles. The minimum absolute atomic E-state index is 0.0493. The summed E-state index contributed by atoms with van der Waals surface area (Å²) in [4.78, 5) is 16.1. The van der Waals surface area contributed by atoms with Crippen molar-refractivity contribution in [3.05, 3.63) is 40.3 Å². The Morgan fingerprint density at radius 1 is 1.39 bits per heavy atom. The van der Waals surface area contributed by atoms with Gasteiger partial charge in [0.05, 0.1) is 17.6 Å². The highest BCUT2D eigenvalue weighted by Crippen LogP contribution is 2.30. The highest BCUT2D eigenvalue weighted by Gasteiger charge is 2.40. The molecule has 1 aromatic carbocycles. The molecule has 124 valence electrons. The van der Waals surface area contributed by atoms with Crippen LogP contribution in [0, 0.1) is 5.82 Å². The summed E-state index contributed by atoms with van der Waals surface area (Å²) in [5.41, 5.74) is -1.42. The van der Waals surface area contributed by atoms with Crippen molar-refractivity contribution in [1.29, 1.82) is 0 Å². The number of nitrogens with one attached hydrogen (secondary N) is 1. The molecule has 0 aliphatic carbocycles. The van der Waals surface area contributed by atoms with Gasteiger partial charge in [0.2, 0.25) is 0 Å². The van der Waals surface area contributed by atoms with E-state index in [0.29, 0.717) is 0 Å². The lowest BCUT2D eigenvalue weighted by molar-refractivity contribution is -0.172. The van der Waals surface area contributed by atoms with Gasteiger partial charge >= 0.3 is 12.1 Å². The molecule has 1 aromatic rings. The van der Waals surface area contributed by atoms with Crippen LogP contribution in [0.5, 0.6) is 0 Å². The molecule has 1 N–H and O–H groups in total. The lowest BCUT2D eigenvalue weighted by atomic mass is 10.1. The molecule has 1 amide bonds. The lowest BCUT2D eigenvalue weighted by Crippen LogP contribution is -2.40. The number of carbonyl (C=O) groups excluding carboxylic acids is 1. The van der Waals surface area contributed by atoms with Crippen LogP contribution in [0.1, 0.15) is 5.56 Å². The summed E-state index contributed by atoms with van der Waals surface area (Å²) in [6, 6.07) is 3.63. The first-order chi connectivity index (χ1) is 10.6. The number of amides is 1. The van der Waals surface area contributed by atoms with Crippen molar-refractivity contribution in [2.45, 2.75) is 11.8 Å². The number of nitrogens with zero attached hydrogens (tertiary/aromatic N) is 2. The van der Waals surface area contributed by atoms with E-state index in [1.165, 1.54) is 24.1 Å². The fourth-order valence-electron chi connectivity index (χ4n) is 1.89. The van der Waals surface area contributed by atoms with Crippen LogP contribution in [0.15, 0.2) is 28.9 Å². The number of halogens is 6. The molecule has 1 atom stereocenters. The number of benzene rings is 1. The number of hydrogen-bond donors (Lipinski definition) is 1. The summed E-state index contributed by atoms with van der Waals surface area (Å²) in [5.74, 6) is -2.98. The van der Waals surface area contributed by atoms with E-state index in [4.69, 9.17) is 23.2 Å². The summed E-state index contributed by atoms with van der Waals surface area (Å²) in [5, 5.41) is 1.78. The first kappa shape index (κ1) is 17.6. The number of carbonyl (C=O) groups is 1. The van der Waals surface area contributed by atoms with E-state index >= 15 is 0 Å². The van der Waals surface area contributed by atoms with E-state index < -0.39 is 23.5 Å². The highest BCUT2D eigenvalue weighted by molar-refractivity contribution is 6.30. The summed E-state index contributed by atoms with van der Waals surface area (Å²) in [6.45, 7) is 0. The molecule has 0 bridgehead atoms. The smallest absolute Gasteiger partial charge is 0.338 e. The zero-order valence-corrected chi connectivity index (χ0v) is 13.0. The Labute approximate surface area is 138 Å². The summed E-state index contributed by atoms with van der Waals surface area (Å²) < 4.78 is 51.4. The molecule has 1 unspecified atom stereocenters. The highest BCUT2D eigenvalue weighted by atomic mass is 35.5. The number of rotatable bonds is 2. The molecule has 0 radical (unpaired) electrons. The number of allylic oxidation sites excluding steroid dienone is 1. The number of hydrogen-bond acceptors (Lipinski definition) is 3. The Morgan fingerprint density at radius 2 is 2.04 bits per heavy atom. The standard InChI is InChI=1S/C13H9Cl2F4N3O/c1-22-10(7-3-2-6(14)4-8(7)16)9(5-20-12(22)15)21-11(23)13(17,18)19/h2-5,12H,1H3,(H,21,23). The largest absolute Gasteiger partial charge is 0.471 e. The van der Waals surface area contributed by atoms with Crippen molar-refractivity contribution in [3.8, 4) is 0 Å². The van der Waals surface area contributed by atoms with Crippen molar-refractivity contribution in [2.24, 2.45) is 4.99 Å². The molecule has 0 aromatic heterocycles. The Kier molecular flexibility index (Phi) is 4.86. The SMILES string of the molecule is CN1C(c2ccc(Cl)cc2F)=C(NC(=O)C(F)(F)F)C=NC1Cl. The van der Waals surface area contributed by atoms with Gasteiger partial charge in [-0.2, -0.15) is 13.2 Å². The molecule has 23 heavy (non-hydrogen) atoms. The molecule has 1 aliphatic heterocycles. The average molecular weight is 370 g/mol. The molecule has 1 aliphatic rings. The van der Waals surface area contributed by atoms with Crippen LogP contribution in [0.25, 0.3) is 5.70 Å². The van der Waals surface area contributed by atoms with E-state index in [1.807, 2.05) is 0 Å². The van der Waals surface area contributed by atoms with Gasteiger partial charge in [-0.05, 0) is 18.2 Å². The third kappa shape index (κ3) is 3.76. The summed E-state index contributed by atoms with van der Waals surface area (Å²) in [7, 11) is 1.40. The minimum Gasteiger partial charge on any atom is -0.338 e. The summed E-state index contributed by atoms with van der Waals surface area (Å²) in [6.07, 6.45) is -4.15. The molecule has 0 spiro atoms. The third-order valence-corrected chi connectivity index (χ3v) is 3.59. The van der Waals surface area contributed by atoms with Gasteiger partial charge in [0, 0.05) is 17.6 Å². The van der Waals surface area contributed by atoms with Crippen LogP contribution in [0.4, 0.5) is 17.6 Å². The van der Waals surface area contributed by atoms with Gasteiger partial charge in [-0.1, -0.05) is 23.2 Å². The monoisotopic (exact) mass is 369 g/mol. The van der Waals surface area contributed by atoms with Crippen LogP contribution in [0.3, 0.4) is 0 Å². The van der Waals surface area contributed by atoms with Gasteiger partial charge in [-0.25, -0.2) is 4.39 Å². The molecule has 0 saturated carbocycles. The Bertz CT molecular complexity index is 703. The molecule has 0 fully saturated rings.